The molecule has 1 amide bonds. The summed E-state index contributed by atoms with van der Waals surface area (Å²) < 4.78 is 6.47. The number of hydrogen-bond donors (Lipinski definition) is 1. The van der Waals surface area contributed by atoms with E-state index >= 15 is 0 Å². The van der Waals surface area contributed by atoms with Crippen LogP contribution in [0.5, 0.6) is 0 Å². The number of benzene rings is 3. The highest BCUT2D eigenvalue weighted by Gasteiger charge is 2.30. The van der Waals surface area contributed by atoms with E-state index in [1.54, 1.807) is 0 Å². The van der Waals surface area contributed by atoms with Gasteiger partial charge in [0.2, 0.25) is 0 Å². The molecule has 160 valence electrons. The molecule has 0 spiro atoms. The van der Waals surface area contributed by atoms with E-state index in [1.807, 2.05) is 54.6 Å². The summed E-state index contributed by atoms with van der Waals surface area (Å²) in [5.74, 6) is -0.0920. The lowest BCUT2D eigenvalue weighted by molar-refractivity contribution is -0.929. The van der Waals surface area contributed by atoms with Gasteiger partial charge in [0.15, 0.2) is 0 Å². The number of nitrogens with zero attached hydrogens (tertiary/aromatic N) is 1. The maximum absolute atomic E-state index is 12.7. The van der Waals surface area contributed by atoms with E-state index in [4.69, 9.17) is 4.74 Å². The van der Waals surface area contributed by atoms with Crippen LogP contribution < -0.4 is 5.32 Å². The van der Waals surface area contributed by atoms with Crippen molar-refractivity contribution in [3.8, 4) is 11.1 Å². The van der Waals surface area contributed by atoms with Crippen LogP contribution >= 0.6 is 0 Å². The van der Waals surface area contributed by atoms with Crippen LogP contribution in [0.4, 0.5) is 5.69 Å². The molecule has 3 aromatic carbocycles. The number of anilines is 1. The minimum atomic E-state index is -0.0920. The quantitative estimate of drug-likeness (QED) is 0.550. The molecule has 1 aliphatic heterocycles. The molecule has 0 aromatic heterocycles. The lowest BCUT2D eigenvalue weighted by atomic mass is 10.0. The molecule has 31 heavy (non-hydrogen) atoms. The Morgan fingerprint density at radius 3 is 2.13 bits per heavy atom. The zero-order valence-corrected chi connectivity index (χ0v) is 18.4. The number of amides is 1. The van der Waals surface area contributed by atoms with Crippen molar-refractivity contribution in [2.75, 3.05) is 32.6 Å². The summed E-state index contributed by atoms with van der Waals surface area (Å²) in [7, 11) is 4.59. The molecule has 0 atom stereocenters. The molecule has 1 N–H and O–H groups in total. The number of ether oxygens (including phenoxy) is 1. The van der Waals surface area contributed by atoms with E-state index in [9.17, 15) is 4.79 Å². The second-order valence-corrected chi connectivity index (χ2v) is 8.87. The maximum atomic E-state index is 12.7. The zero-order chi connectivity index (χ0) is 21.7. The number of rotatable bonds is 6. The Morgan fingerprint density at radius 1 is 0.871 bits per heavy atom. The highest BCUT2D eigenvalue weighted by atomic mass is 16.5. The Hall–Kier alpha value is -2.95. The molecule has 4 rings (SSSR count). The van der Waals surface area contributed by atoms with E-state index in [0.29, 0.717) is 11.6 Å². The second-order valence-electron chi connectivity index (χ2n) is 8.87. The molecule has 1 saturated heterocycles. The summed E-state index contributed by atoms with van der Waals surface area (Å²) in [6.45, 7) is 2.70. The second kappa shape index (κ2) is 9.46. The van der Waals surface area contributed by atoms with Crippen LogP contribution in [-0.2, 0) is 11.3 Å². The van der Waals surface area contributed by atoms with Gasteiger partial charge in [-0.25, -0.2) is 0 Å². The van der Waals surface area contributed by atoms with Crippen LogP contribution in [-0.4, -0.2) is 43.7 Å². The summed E-state index contributed by atoms with van der Waals surface area (Å²) in [6.07, 6.45) is 2.23. The molecule has 0 saturated carbocycles. The van der Waals surface area contributed by atoms with Gasteiger partial charge in [-0.1, -0.05) is 54.6 Å². The van der Waals surface area contributed by atoms with Crippen molar-refractivity contribution in [2.45, 2.75) is 25.4 Å². The fraction of sp³-hybridized carbons (Fsp3) is 0.296. The number of quaternary nitrogens is 1. The first-order valence-corrected chi connectivity index (χ1v) is 11.0. The van der Waals surface area contributed by atoms with Crippen molar-refractivity contribution in [3.05, 3.63) is 90.0 Å². The van der Waals surface area contributed by atoms with Crippen molar-refractivity contribution < 1.29 is 14.0 Å². The third-order valence-electron chi connectivity index (χ3n) is 6.24. The highest BCUT2D eigenvalue weighted by molar-refractivity contribution is 6.04. The van der Waals surface area contributed by atoms with Gasteiger partial charge in [0.1, 0.15) is 6.54 Å². The van der Waals surface area contributed by atoms with E-state index in [1.165, 1.54) is 5.56 Å². The van der Waals surface area contributed by atoms with Crippen molar-refractivity contribution in [1.82, 2.24) is 0 Å². The molecule has 4 nitrogen and oxygen atoms in total. The van der Waals surface area contributed by atoms with E-state index in [0.717, 1.165) is 53.9 Å². The van der Waals surface area contributed by atoms with Crippen molar-refractivity contribution in [1.29, 1.82) is 0 Å². The molecule has 0 bridgehead atoms. The van der Waals surface area contributed by atoms with Gasteiger partial charge in [0.25, 0.3) is 5.91 Å². The zero-order valence-electron chi connectivity index (χ0n) is 18.4. The largest absolute Gasteiger partial charge is 0.381 e. The first kappa shape index (κ1) is 21.3. The molecule has 1 heterocycles. The van der Waals surface area contributed by atoms with Gasteiger partial charge in [-0.2, -0.15) is 0 Å². The van der Waals surface area contributed by atoms with Gasteiger partial charge < -0.3 is 14.5 Å². The first-order valence-electron chi connectivity index (χ1n) is 11.0. The minimum absolute atomic E-state index is 0.0920. The van der Waals surface area contributed by atoms with Gasteiger partial charge in [0.05, 0.1) is 33.4 Å². The van der Waals surface area contributed by atoms with Crippen molar-refractivity contribution >= 4 is 11.6 Å². The summed E-state index contributed by atoms with van der Waals surface area (Å²) in [5.41, 5.74) is 5.00. The van der Waals surface area contributed by atoms with Crippen LogP contribution in [0.15, 0.2) is 78.9 Å². The Labute approximate surface area is 185 Å². The topological polar surface area (TPSA) is 38.3 Å². The predicted octanol–water partition coefficient (Wildman–Crippen LogP) is 5.36. The normalized spacial score (nSPS) is 14.9. The molecule has 0 aliphatic carbocycles. The Bertz CT molecular complexity index is 990. The maximum Gasteiger partial charge on any atom is 0.255 e. The predicted molar refractivity (Wildman–Crippen MR) is 126 cm³/mol. The fourth-order valence-electron chi connectivity index (χ4n) is 4.33. The van der Waals surface area contributed by atoms with Gasteiger partial charge in [-0.3, -0.25) is 4.79 Å². The average Bonchev–Trinajstić information content (AvgIpc) is 2.81. The lowest BCUT2D eigenvalue weighted by Crippen LogP contribution is -2.50. The van der Waals surface area contributed by atoms with Gasteiger partial charge in [-0.05, 0) is 35.4 Å². The van der Waals surface area contributed by atoms with Crippen LogP contribution in [0.3, 0.4) is 0 Å². The van der Waals surface area contributed by atoms with Gasteiger partial charge in [-0.15, -0.1) is 0 Å². The Kier molecular flexibility index (Phi) is 6.50. The van der Waals surface area contributed by atoms with E-state index in [-0.39, 0.29) is 5.91 Å². The SMILES string of the molecule is C[N+](C)(Cc1ccc(NC(=O)c2ccc(-c3ccccc3)cc2)cc1)C1CCOCC1. The highest BCUT2D eigenvalue weighted by Crippen LogP contribution is 2.23. The van der Waals surface area contributed by atoms with Crippen LogP contribution in [0.25, 0.3) is 11.1 Å². The summed E-state index contributed by atoms with van der Waals surface area (Å²) in [4.78, 5) is 12.7. The Balaban J connectivity index is 1.36. The number of carbonyl (C=O) groups excluding carboxylic acids is 1. The summed E-state index contributed by atoms with van der Waals surface area (Å²) in [5, 5.41) is 3.01. The lowest BCUT2D eigenvalue weighted by Gasteiger charge is -2.40. The molecule has 1 aliphatic rings. The van der Waals surface area contributed by atoms with Gasteiger partial charge >= 0.3 is 0 Å². The molecular formula is C27H31N2O2+. The fourth-order valence-corrected chi connectivity index (χ4v) is 4.33. The summed E-state index contributed by atoms with van der Waals surface area (Å²) in [6, 6.07) is 26.8. The van der Waals surface area contributed by atoms with Crippen LogP contribution in [0.1, 0.15) is 28.8 Å². The number of hydrogen-bond acceptors (Lipinski definition) is 2. The minimum Gasteiger partial charge on any atom is -0.381 e. The van der Waals surface area contributed by atoms with Crippen molar-refractivity contribution in [3.63, 3.8) is 0 Å². The smallest absolute Gasteiger partial charge is 0.255 e. The van der Waals surface area contributed by atoms with Crippen molar-refractivity contribution in [2.24, 2.45) is 0 Å². The third-order valence-corrected chi connectivity index (χ3v) is 6.24. The Morgan fingerprint density at radius 2 is 1.48 bits per heavy atom. The molecule has 0 radical (unpaired) electrons. The van der Waals surface area contributed by atoms with E-state index < -0.39 is 0 Å². The van der Waals surface area contributed by atoms with Crippen LogP contribution in [0.2, 0.25) is 0 Å². The number of nitrogens with one attached hydrogen (secondary N) is 1. The molecule has 1 fully saturated rings. The first-order chi connectivity index (χ1) is 15.0. The van der Waals surface area contributed by atoms with Crippen LogP contribution in [0, 0.1) is 0 Å². The third kappa shape index (κ3) is 5.40. The monoisotopic (exact) mass is 415 g/mol. The van der Waals surface area contributed by atoms with E-state index in [2.05, 4.69) is 43.7 Å². The van der Waals surface area contributed by atoms with Gasteiger partial charge in [0, 0.05) is 29.7 Å². The average molecular weight is 416 g/mol. The summed E-state index contributed by atoms with van der Waals surface area (Å²) >= 11 is 0. The molecular weight excluding hydrogens is 384 g/mol. The number of carbonyl (C=O) groups is 1. The molecule has 0 unspecified atom stereocenters. The molecule has 3 aromatic rings. The molecule has 4 heteroatoms. The standard InChI is InChI=1S/C27H30N2O2/c1-29(2,26-16-18-31-19-17-26)20-21-8-14-25(15-9-21)28-27(30)24-12-10-23(11-13-24)22-6-4-3-5-7-22/h3-15,26H,16-20H2,1-2H3/p+1.